The molecule has 98 valence electrons. The topological polar surface area (TPSA) is 49.3 Å². The second kappa shape index (κ2) is 4.65. The number of carbonyl (C=O) groups excluding carboxylic acids is 1. The lowest BCUT2D eigenvalue weighted by molar-refractivity contribution is 0.0638. The highest BCUT2D eigenvalue weighted by Gasteiger charge is 2.38. The molecule has 1 fully saturated rings. The molecule has 1 aromatic carbocycles. The van der Waals surface area contributed by atoms with Crippen LogP contribution >= 0.6 is 0 Å². The van der Waals surface area contributed by atoms with Gasteiger partial charge in [-0.2, -0.15) is 0 Å². The van der Waals surface area contributed by atoms with Gasteiger partial charge >= 0.3 is 0 Å². The normalized spacial score (nSPS) is 17.1. The van der Waals surface area contributed by atoms with Gasteiger partial charge in [-0.3, -0.25) is 4.79 Å². The number of hydrogen-bond acceptors (Lipinski definition) is 2. The quantitative estimate of drug-likeness (QED) is 0.867. The maximum absolute atomic E-state index is 13.5. The standard InChI is InChI=1S/C13H15F2NO2/c1-8-5-9(11(15)6-10(8)14)12(18)16-13(7-17)3-2-4-13/h5-6,17H,2-4,7H2,1H3,(H,16,18). The number of aliphatic hydroxyl groups is 1. The number of benzene rings is 1. The minimum Gasteiger partial charge on any atom is -0.394 e. The van der Waals surface area contributed by atoms with E-state index in [0.29, 0.717) is 18.9 Å². The fourth-order valence-electron chi connectivity index (χ4n) is 2.07. The summed E-state index contributed by atoms with van der Waals surface area (Å²) in [5.74, 6) is -2.17. The highest BCUT2D eigenvalue weighted by atomic mass is 19.1. The lowest BCUT2D eigenvalue weighted by Crippen LogP contribution is -2.56. The summed E-state index contributed by atoms with van der Waals surface area (Å²) in [5, 5.41) is 11.9. The Balaban J connectivity index is 2.21. The summed E-state index contributed by atoms with van der Waals surface area (Å²) in [7, 11) is 0. The van der Waals surface area contributed by atoms with E-state index in [-0.39, 0.29) is 17.7 Å². The van der Waals surface area contributed by atoms with Crippen LogP contribution in [0.25, 0.3) is 0 Å². The van der Waals surface area contributed by atoms with Gasteiger partial charge in [-0.15, -0.1) is 0 Å². The molecule has 0 bridgehead atoms. The van der Waals surface area contributed by atoms with Gasteiger partial charge in [0.15, 0.2) is 0 Å². The Bertz CT molecular complexity index is 479. The van der Waals surface area contributed by atoms with E-state index in [1.165, 1.54) is 13.0 Å². The van der Waals surface area contributed by atoms with Crippen LogP contribution in [-0.2, 0) is 0 Å². The first-order chi connectivity index (χ1) is 8.47. The zero-order valence-electron chi connectivity index (χ0n) is 10.1. The van der Waals surface area contributed by atoms with Crippen LogP contribution in [-0.4, -0.2) is 23.2 Å². The molecule has 1 saturated carbocycles. The van der Waals surface area contributed by atoms with E-state index in [2.05, 4.69) is 5.32 Å². The van der Waals surface area contributed by atoms with Crippen molar-refractivity contribution in [2.75, 3.05) is 6.61 Å². The average molecular weight is 255 g/mol. The molecule has 5 heteroatoms. The van der Waals surface area contributed by atoms with E-state index < -0.39 is 23.1 Å². The zero-order chi connectivity index (χ0) is 13.3. The van der Waals surface area contributed by atoms with E-state index in [1.807, 2.05) is 0 Å². The number of carbonyl (C=O) groups is 1. The molecule has 3 nitrogen and oxygen atoms in total. The molecular weight excluding hydrogens is 240 g/mol. The van der Waals surface area contributed by atoms with Crippen LogP contribution < -0.4 is 5.32 Å². The second-order valence-electron chi connectivity index (χ2n) is 4.83. The predicted octanol–water partition coefficient (Wildman–Crippen LogP) is 1.92. The lowest BCUT2D eigenvalue weighted by Gasteiger charge is -2.40. The molecule has 0 radical (unpaired) electrons. The number of hydrogen-bond donors (Lipinski definition) is 2. The number of halogens is 2. The highest BCUT2D eigenvalue weighted by molar-refractivity contribution is 5.95. The van der Waals surface area contributed by atoms with Crippen molar-refractivity contribution in [3.8, 4) is 0 Å². The van der Waals surface area contributed by atoms with Crippen LogP contribution in [0.15, 0.2) is 12.1 Å². The molecule has 2 rings (SSSR count). The van der Waals surface area contributed by atoms with Crippen LogP contribution in [0.5, 0.6) is 0 Å². The van der Waals surface area contributed by atoms with Crippen molar-refractivity contribution in [3.05, 3.63) is 34.9 Å². The average Bonchev–Trinajstić information content (AvgIpc) is 2.28. The van der Waals surface area contributed by atoms with Gasteiger partial charge in [0.1, 0.15) is 11.6 Å². The maximum Gasteiger partial charge on any atom is 0.254 e. The van der Waals surface area contributed by atoms with Crippen molar-refractivity contribution >= 4 is 5.91 Å². The smallest absolute Gasteiger partial charge is 0.254 e. The number of aryl methyl sites for hydroxylation is 1. The van der Waals surface area contributed by atoms with Gasteiger partial charge in [-0.05, 0) is 37.8 Å². The van der Waals surface area contributed by atoms with Crippen LogP contribution in [0.4, 0.5) is 8.78 Å². The molecule has 0 atom stereocenters. The third-order valence-electron chi connectivity index (χ3n) is 3.48. The van der Waals surface area contributed by atoms with Crippen LogP contribution in [0.1, 0.15) is 35.2 Å². The number of aliphatic hydroxyl groups excluding tert-OH is 1. The Morgan fingerprint density at radius 1 is 1.39 bits per heavy atom. The van der Waals surface area contributed by atoms with Crippen LogP contribution in [0, 0.1) is 18.6 Å². The van der Waals surface area contributed by atoms with Crippen molar-refractivity contribution < 1.29 is 18.7 Å². The molecule has 1 aromatic rings. The van der Waals surface area contributed by atoms with E-state index >= 15 is 0 Å². The van der Waals surface area contributed by atoms with Gasteiger partial charge in [0.25, 0.3) is 5.91 Å². The first kappa shape index (κ1) is 13.0. The van der Waals surface area contributed by atoms with E-state index in [9.17, 15) is 18.7 Å². The van der Waals surface area contributed by atoms with Crippen molar-refractivity contribution in [1.82, 2.24) is 5.32 Å². The largest absolute Gasteiger partial charge is 0.394 e. The van der Waals surface area contributed by atoms with E-state index in [4.69, 9.17) is 0 Å². The van der Waals surface area contributed by atoms with Gasteiger partial charge in [0, 0.05) is 6.07 Å². The van der Waals surface area contributed by atoms with E-state index in [1.54, 1.807) is 0 Å². The summed E-state index contributed by atoms with van der Waals surface area (Å²) in [6.07, 6.45) is 2.28. The Morgan fingerprint density at radius 2 is 2.06 bits per heavy atom. The fraction of sp³-hybridized carbons (Fsp3) is 0.462. The lowest BCUT2D eigenvalue weighted by atomic mass is 9.77. The minimum absolute atomic E-state index is 0.166. The van der Waals surface area contributed by atoms with Gasteiger partial charge < -0.3 is 10.4 Å². The molecular formula is C13H15F2NO2. The third-order valence-corrected chi connectivity index (χ3v) is 3.48. The minimum atomic E-state index is -0.886. The predicted molar refractivity (Wildman–Crippen MR) is 62.2 cm³/mol. The molecule has 0 aliphatic heterocycles. The first-order valence-corrected chi connectivity index (χ1v) is 5.86. The number of rotatable bonds is 3. The second-order valence-corrected chi connectivity index (χ2v) is 4.83. The molecule has 0 spiro atoms. The van der Waals surface area contributed by atoms with Crippen LogP contribution in [0.2, 0.25) is 0 Å². The summed E-state index contributed by atoms with van der Waals surface area (Å²) in [6.45, 7) is 1.30. The van der Waals surface area contributed by atoms with Crippen molar-refractivity contribution in [2.24, 2.45) is 0 Å². The van der Waals surface area contributed by atoms with Crippen molar-refractivity contribution in [1.29, 1.82) is 0 Å². The van der Waals surface area contributed by atoms with Gasteiger partial charge in [0.05, 0.1) is 17.7 Å². The summed E-state index contributed by atoms with van der Waals surface area (Å²) >= 11 is 0. The Morgan fingerprint density at radius 3 is 2.56 bits per heavy atom. The van der Waals surface area contributed by atoms with Crippen LogP contribution in [0.3, 0.4) is 0 Å². The van der Waals surface area contributed by atoms with Gasteiger partial charge in [0.2, 0.25) is 0 Å². The molecule has 1 amide bonds. The third kappa shape index (κ3) is 2.22. The number of nitrogens with one attached hydrogen (secondary N) is 1. The monoisotopic (exact) mass is 255 g/mol. The molecule has 0 unspecified atom stereocenters. The molecule has 1 aliphatic carbocycles. The summed E-state index contributed by atoms with van der Waals surface area (Å²) in [5.41, 5.74) is -0.604. The Hall–Kier alpha value is -1.49. The zero-order valence-corrected chi connectivity index (χ0v) is 10.1. The summed E-state index contributed by atoms with van der Waals surface area (Å²) < 4.78 is 26.6. The van der Waals surface area contributed by atoms with E-state index in [0.717, 1.165) is 6.42 Å². The van der Waals surface area contributed by atoms with Crippen molar-refractivity contribution in [2.45, 2.75) is 31.7 Å². The molecule has 0 saturated heterocycles. The molecule has 18 heavy (non-hydrogen) atoms. The first-order valence-electron chi connectivity index (χ1n) is 5.86. The highest BCUT2D eigenvalue weighted by Crippen LogP contribution is 2.31. The molecule has 0 aromatic heterocycles. The fourth-order valence-corrected chi connectivity index (χ4v) is 2.07. The summed E-state index contributed by atoms with van der Waals surface area (Å²) in [4.78, 5) is 11.9. The Labute approximate surface area is 104 Å². The molecule has 0 heterocycles. The maximum atomic E-state index is 13.5. The summed E-state index contributed by atoms with van der Waals surface area (Å²) in [6, 6.07) is 1.89. The molecule has 1 aliphatic rings. The number of amides is 1. The van der Waals surface area contributed by atoms with Gasteiger partial charge in [-0.1, -0.05) is 0 Å². The Kier molecular flexibility index (Phi) is 3.34. The SMILES string of the molecule is Cc1cc(C(=O)NC2(CO)CCC2)c(F)cc1F. The molecule has 2 N–H and O–H groups in total. The van der Waals surface area contributed by atoms with Crippen molar-refractivity contribution in [3.63, 3.8) is 0 Å². The van der Waals surface area contributed by atoms with Gasteiger partial charge in [-0.25, -0.2) is 8.78 Å².